The van der Waals surface area contributed by atoms with E-state index in [9.17, 15) is 4.79 Å². The monoisotopic (exact) mass is 251 g/mol. The molecule has 4 heteroatoms. The van der Waals surface area contributed by atoms with Crippen LogP contribution in [0.5, 0.6) is 0 Å². The largest absolute Gasteiger partial charge is 0.330 e. The lowest BCUT2D eigenvalue weighted by Gasteiger charge is -2.03. The summed E-state index contributed by atoms with van der Waals surface area (Å²) in [5, 5.41) is 4.95. The predicted octanol–water partition coefficient (Wildman–Crippen LogP) is 3.19. The summed E-state index contributed by atoms with van der Waals surface area (Å²) in [4.78, 5) is 18.3. The fourth-order valence-electron chi connectivity index (χ4n) is 2.14. The molecule has 19 heavy (non-hydrogen) atoms. The molecule has 0 bridgehead atoms. The molecular formula is C15H13N3O. The van der Waals surface area contributed by atoms with Gasteiger partial charge in [-0.2, -0.15) is 0 Å². The molecule has 4 nitrogen and oxygen atoms in total. The Labute approximate surface area is 110 Å². The number of amides is 1. The average molecular weight is 251 g/mol. The van der Waals surface area contributed by atoms with Gasteiger partial charge in [-0.3, -0.25) is 10.1 Å². The summed E-state index contributed by atoms with van der Waals surface area (Å²) >= 11 is 0. The highest BCUT2D eigenvalue weighted by molar-refractivity contribution is 5.96. The minimum absolute atomic E-state index is 0.140. The van der Waals surface area contributed by atoms with Crippen LogP contribution in [0.1, 0.15) is 6.92 Å². The number of carbonyl (C=O) groups excluding carboxylic acids is 1. The number of carbonyl (C=O) groups is 1. The Bertz CT molecular complexity index is 740. The number of hydrogen-bond donors (Lipinski definition) is 2. The van der Waals surface area contributed by atoms with Crippen LogP contribution in [0, 0.1) is 0 Å². The van der Waals surface area contributed by atoms with E-state index in [2.05, 4.69) is 33.5 Å². The van der Waals surface area contributed by atoms with E-state index in [1.807, 2.05) is 24.3 Å². The van der Waals surface area contributed by atoms with Gasteiger partial charge in [0.15, 0.2) is 0 Å². The molecule has 94 valence electrons. The van der Waals surface area contributed by atoms with Crippen LogP contribution in [-0.2, 0) is 4.79 Å². The maximum absolute atomic E-state index is 11.0. The topological polar surface area (TPSA) is 57.8 Å². The van der Waals surface area contributed by atoms with Crippen molar-refractivity contribution in [2.24, 2.45) is 0 Å². The third-order valence-electron chi connectivity index (χ3n) is 2.94. The maximum atomic E-state index is 11.0. The molecule has 3 aromatic rings. The second-order valence-electron chi connectivity index (χ2n) is 4.34. The Balaban J connectivity index is 2.09. The fraction of sp³-hybridized carbons (Fsp3) is 0.0667. The number of nitrogens with one attached hydrogen (secondary N) is 2. The summed E-state index contributed by atoms with van der Waals surface area (Å²) in [5.74, 6) is 0.328. The summed E-state index contributed by atoms with van der Waals surface area (Å²) in [5.41, 5.74) is 1.87. The minimum atomic E-state index is -0.140. The van der Waals surface area contributed by atoms with Crippen LogP contribution in [0.25, 0.3) is 22.0 Å². The van der Waals surface area contributed by atoms with Crippen molar-refractivity contribution in [3.05, 3.63) is 48.7 Å². The molecule has 0 saturated carbocycles. The van der Waals surface area contributed by atoms with Crippen LogP contribution in [0.3, 0.4) is 0 Å². The number of nitrogens with zero attached hydrogens (tertiary/aromatic N) is 1. The molecule has 0 fully saturated rings. The molecule has 0 saturated heterocycles. The number of imidazole rings is 1. The van der Waals surface area contributed by atoms with Gasteiger partial charge in [-0.1, -0.05) is 42.5 Å². The van der Waals surface area contributed by atoms with Crippen LogP contribution in [0.2, 0.25) is 0 Å². The number of benzene rings is 2. The Morgan fingerprint density at radius 3 is 2.79 bits per heavy atom. The van der Waals surface area contributed by atoms with E-state index in [-0.39, 0.29) is 5.91 Å². The van der Waals surface area contributed by atoms with Crippen molar-refractivity contribution in [1.82, 2.24) is 9.97 Å². The van der Waals surface area contributed by atoms with Gasteiger partial charge in [0, 0.05) is 18.7 Å². The molecule has 0 aliphatic carbocycles. The van der Waals surface area contributed by atoms with E-state index in [0.717, 1.165) is 16.6 Å². The first-order chi connectivity index (χ1) is 9.24. The van der Waals surface area contributed by atoms with Crippen molar-refractivity contribution in [1.29, 1.82) is 0 Å². The third-order valence-corrected chi connectivity index (χ3v) is 2.94. The van der Waals surface area contributed by atoms with Crippen molar-refractivity contribution in [2.75, 3.05) is 5.32 Å². The van der Waals surface area contributed by atoms with Crippen molar-refractivity contribution < 1.29 is 4.79 Å². The smallest absolute Gasteiger partial charge is 0.223 e. The number of rotatable bonds is 2. The first-order valence-corrected chi connectivity index (χ1v) is 6.05. The van der Waals surface area contributed by atoms with Crippen molar-refractivity contribution in [3.8, 4) is 11.3 Å². The number of fused-ring (bicyclic) bond motifs is 1. The van der Waals surface area contributed by atoms with Gasteiger partial charge in [-0.15, -0.1) is 0 Å². The predicted molar refractivity (Wildman–Crippen MR) is 75.8 cm³/mol. The molecule has 0 unspecified atom stereocenters. The van der Waals surface area contributed by atoms with Gasteiger partial charge in [0.2, 0.25) is 11.9 Å². The van der Waals surface area contributed by atoms with E-state index >= 15 is 0 Å². The van der Waals surface area contributed by atoms with Gasteiger partial charge < -0.3 is 4.98 Å². The quantitative estimate of drug-likeness (QED) is 0.734. The number of H-pyrrole nitrogens is 1. The van der Waals surface area contributed by atoms with Crippen LogP contribution < -0.4 is 5.32 Å². The first kappa shape index (κ1) is 11.5. The SMILES string of the molecule is CC(=O)Nc1nc(-c2cccc3ccccc23)c[nH]1. The zero-order valence-corrected chi connectivity index (χ0v) is 10.5. The third kappa shape index (κ3) is 2.20. The summed E-state index contributed by atoms with van der Waals surface area (Å²) in [6.07, 6.45) is 1.80. The highest BCUT2D eigenvalue weighted by Gasteiger charge is 2.07. The molecule has 1 heterocycles. The molecule has 0 aliphatic rings. The minimum Gasteiger partial charge on any atom is -0.330 e. The molecule has 3 rings (SSSR count). The van der Waals surface area contributed by atoms with Crippen LogP contribution in [0.4, 0.5) is 5.95 Å². The molecular weight excluding hydrogens is 238 g/mol. The second-order valence-corrected chi connectivity index (χ2v) is 4.34. The summed E-state index contributed by atoms with van der Waals surface area (Å²) in [7, 11) is 0. The highest BCUT2D eigenvalue weighted by Crippen LogP contribution is 2.27. The van der Waals surface area contributed by atoms with Gasteiger partial charge in [0.1, 0.15) is 0 Å². The highest BCUT2D eigenvalue weighted by atomic mass is 16.1. The molecule has 1 aromatic heterocycles. The van der Waals surface area contributed by atoms with Crippen molar-refractivity contribution in [2.45, 2.75) is 6.92 Å². The van der Waals surface area contributed by atoms with Gasteiger partial charge in [-0.05, 0) is 10.8 Å². The van der Waals surface area contributed by atoms with Crippen molar-refractivity contribution in [3.63, 3.8) is 0 Å². The number of aromatic amines is 1. The fourth-order valence-corrected chi connectivity index (χ4v) is 2.14. The van der Waals surface area contributed by atoms with Crippen LogP contribution in [-0.4, -0.2) is 15.9 Å². The van der Waals surface area contributed by atoms with Gasteiger partial charge in [-0.25, -0.2) is 4.98 Å². The molecule has 2 aromatic carbocycles. The van der Waals surface area contributed by atoms with Gasteiger partial charge in [0.25, 0.3) is 0 Å². The lowest BCUT2D eigenvalue weighted by Crippen LogP contribution is -2.06. The maximum Gasteiger partial charge on any atom is 0.223 e. The van der Waals surface area contributed by atoms with E-state index in [1.54, 1.807) is 6.20 Å². The lowest BCUT2D eigenvalue weighted by molar-refractivity contribution is -0.114. The summed E-state index contributed by atoms with van der Waals surface area (Å²) in [6.45, 7) is 1.46. The Hall–Kier alpha value is -2.62. The Kier molecular flexibility index (Phi) is 2.76. The van der Waals surface area contributed by atoms with E-state index < -0.39 is 0 Å². The molecule has 0 atom stereocenters. The second kappa shape index (κ2) is 4.57. The van der Waals surface area contributed by atoms with E-state index in [0.29, 0.717) is 5.95 Å². The van der Waals surface area contributed by atoms with Crippen LogP contribution in [0.15, 0.2) is 48.7 Å². The lowest BCUT2D eigenvalue weighted by atomic mass is 10.0. The molecule has 0 spiro atoms. The first-order valence-electron chi connectivity index (χ1n) is 6.05. The number of anilines is 1. The van der Waals surface area contributed by atoms with E-state index in [4.69, 9.17) is 0 Å². The standard InChI is InChI=1S/C15H13N3O/c1-10(19)17-15-16-9-14(18-15)13-8-4-6-11-5-2-3-7-12(11)13/h2-9H,1H3,(H2,16,17,18,19). The number of hydrogen-bond acceptors (Lipinski definition) is 2. The van der Waals surface area contributed by atoms with Crippen molar-refractivity contribution >= 4 is 22.6 Å². The zero-order valence-electron chi connectivity index (χ0n) is 10.5. The summed E-state index contributed by atoms with van der Waals surface area (Å²) < 4.78 is 0. The molecule has 1 amide bonds. The number of aromatic nitrogens is 2. The van der Waals surface area contributed by atoms with Gasteiger partial charge >= 0.3 is 0 Å². The average Bonchev–Trinajstić information content (AvgIpc) is 2.85. The van der Waals surface area contributed by atoms with Crippen LogP contribution >= 0.6 is 0 Å². The zero-order chi connectivity index (χ0) is 13.2. The molecule has 0 aliphatic heterocycles. The van der Waals surface area contributed by atoms with Gasteiger partial charge in [0.05, 0.1) is 5.69 Å². The Morgan fingerprint density at radius 1 is 1.16 bits per heavy atom. The normalized spacial score (nSPS) is 10.6. The Morgan fingerprint density at radius 2 is 1.95 bits per heavy atom. The molecule has 2 N–H and O–H groups in total. The molecule has 0 radical (unpaired) electrons. The summed E-state index contributed by atoms with van der Waals surface area (Å²) in [6, 6.07) is 14.3. The van der Waals surface area contributed by atoms with E-state index in [1.165, 1.54) is 12.3 Å².